The lowest BCUT2D eigenvalue weighted by molar-refractivity contribution is -0.192. The number of alkyl halides is 3. The van der Waals surface area contributed by atoms with Gasteiger partial charge in [-0.2, -0.15) is 17.5 Å². The van der Waals surface area contributed by atoms with E-state index in [1.165, 1.54) is 16.1 Å². The van der Waals surface area contributed by atoms with Crippen molar-refractivity contribution in [3.8, 4) is 0 Å². The highest BCUT2D eigenvalue weighted by molar-refractivity contribution is 7.88. The molecule has 0 radical (unpaired) electrons. The minimum Gasteiger partial charge on any atom is -0.475 e. The fourth-order valence-electron chi connectivity index (χ4n) is 3.92. The number of hydrogen-bond donors (Lipinski definition) is 2. The van der Waals surface area contributed by atoms with Gasteiger partial charge in [-0.3, -0.25) is 9.69 Å². The van der Waals surface area contributed by atoms with Crippen LogP contribution in [-0.4, -0.2) is 79.3 Å². The van der Waals surface area contributed by atoms with Crippen molar-refractivity contribution in [1.29, 1.82) is 0 Å². The second-order valence-electron chi connectivity index (χ2n) is 7.27. The Kier molecular flexibility index (Phi) is 7.48. The fraction of sp³-hybridized carbons (Fsp3) is 0.556. The van der Waals surface area contributed by atoms with Gasteiger partial charge in [-0.1, -0.05) is 30.3 Å². The summed E-state index contributed by atoms with van der Waals surface area (Å²) in [6.07, 6.45) is -3.28. The Labute approximate surface area is 172 Å². The first kappa shape index (κ1) is 24.1. The van der Waals surface area contributed by atoms with Crippen molar-refractivity contribution in [1.82, 2.24) is 14.5 Å². The zero-order valence-corrected chi connectivity index (χ0v) is 17.3. The Balaban J connectivity index is 0.000000396. The third-order valence-corrected chi connectivity index (χ3v) is 6.36. The highest BCUT2D eigenvalue weighted by Gasteiger charge is 2.52. The van der Waals surface area contributed by atoms with Crippen LogP contribution in [0.4, 0.5) is 13.2 Å². The molecular formula is C18H24F3N3O5S. The molecule has 0 aromatic heterocycles. The van der Waals surface area contributed by atoms with E-state index < -0.39 is 28.2 Å². The first-order valence-corrected chi connectivity index (χ1v) is 11.0. The van der Waals surface area contributed by atoms with Gasteiger partial charge in [-0.25, -0.2) is 13.2 Å². The highest BCUT2D eigenvalue weighted by atomic mass is 32.2. The second kappa shape index (κ2) is 9.31. The monoisotopic (exact) mass is 451 g/mol. The quantitative estimate of drug-likeness (QED) is 0.705. The second-order valence-corrected chi connectivity index (χ2v) is 9.16. The van der Waals surface area contributed by atoms with E-state index in [0.29, 0.717) is 13.0 Å². The molecule has 1 aromatic rings. The van der Waals surface area contributed by atoms with E-state index in [0.717, 1.165) is 13.1 Å². The molecule has 8 nitrogen and oxygen atoms in total. The summed E-state index contributed by atoms with van der Waals surface area (Å²) >= 11 is 0. The Bertz CT molecular complexity index is 864. The average molecular weight is 451 g/mol. The number of carboxylic acid groups (broad SMARTS) is 1. The van der Waals surface area contributed by atoms with Gasteiger partial charge in [0.25, 0.3) is 0 Å². The summed E-state index contributed by atoms with van der Waals surface area (Å²) in [5, 5.41) is 9.72. The maximum Gasteiger partial charge on any atom is 0.490 e. The van der Waals surface area contributed by atoms with E-state index >= 15 is 0 Å². The number of sulfonamides is 1. The predicted molar refractivity (Wildman–Crippen MR) is 102 cm³/mol. The van der Waals surface area contributed by atoms with Crippen molar-refractivity contribution in [3.05, 3.63) is 35.9 Å². The van der Waals surface area contributed by atoms with Gasteiger partial charge in [0.1, 0.15) is 6.04 Å². The molecule has 0 bridgehead atoms. The molecule has 3 rings (SSSR count). The number of nitrogens with one attached hydrogen (secondary N) is 1. The van der Waals surface area contributed by atoms with Crippen LogP contribution in [-0.2, 0) is 26.2 Å². The number of aliphatic carboxylic acids is 1. The van der Waals surface area contributed by atoms with E-state index in [1.54, 1.807) is 7.05 Å². The molecule has 2 aliphatic rings. The minimum absolute atomic E-state index is 0.101. The number of fused-ring (bicyclic) bond motifs is 1. The number of amides is 1. The molecule has 2 fully saturated rings. The molecule has 2 N–H and O–H groups in total. The number of carbonyl (C=O) groups is 2. The lowest BCUT2D eigenvalue weighted by atomic mass is 10.0. The molecule has 1 amide bonds. The summed E-state index contributed by atoms with van der Waals surface area (Å²) in [6, 6.07) is 9.50. The molecule has 30 heavy (non-hydrogen) atoms. The molecule has 3 atom stereocenters. The van der Waals surface area contributed by atoms with Crippen LogP contribution in [0.1, 0.15) is 12.0 Å². The fourth-order valence-corrected chi connectivity index (χ4v) is 5.29. The third kappa shape index (κ3) is 5.92. The number of carbonyl (C=O) groups excluding carboxylic acids is 1. The van der Waals surface area contributed by atoms with Gasteiger partial charge < -0.3 is 10.4 Å². The normalized spacial score (nSPS) is 24.6. The molecule has 0 unspecified atom stereocenters. The summed E-state index contributed by atoms with van der Waals surface area (Å²) in [5.74, 6) is -2.75. The first-order valence-electron chi connectivity index (χ1n) is 9.11. The van der Waals surface area contributed by atoms with Crippen LogP contribution in [0.3, 0.4) is 0 Å². The summed E-state index contributed by atoms with van der Waals surface area (Å²) in [7, 11) is -1.86. The number of nitrogens with zero attached hydrogens (tertiary/aromatic N) is 2. The number of halogens is 3. The lowest BCUT2D eigenvalue weighted by Crippen LogP contribution is -2.49. The van der Waals surface area contributed by atoms with Gasteiger partial charge in [-0.05, 0) is 17.9 Å². The van der Waals surface area contributed by atoms with Crippen LogP contribution in [0.5, 0.6) is 0 Å². The van der Waals surface area contributed by atoms with Crippen LogP contribution in [0.15, 0.2) is 30.3 Å². The number of rotatable bonds is 4. The van der Waals surface area contributed by atoms with E-state index in [-0.39, 0.29) is 17.9 Å². The standard InChI is InChI=1S/C16H23N3O3S.C2HF3O2/c1-17-16(20)14-8-13-10-18(9-12-6-4-3-5-7-12)11-15(13)19(14)23(2,21)22;3-2(4,5)1(6)7/h3-7,13-15H,8-11H2,1-2H3,(H,17,20);(H,6,7)/t13-,14-,15+;/m1./s1. The van der Waals surface area contributed by atoms with Crippen molar-refractivity contribution >= 4 is 21.9 Å². The molecule has 2 aliphatic heterocycles. The molecule has 1 aromatic carbocycles. The zero-order chi connectivity index (χ0) is 22.7. The SMILES string of the molecule is CNC(=O)[C@H]1C[C@@H]2CN(Cc3ccccc3)C[C@@H]2N1S(C)(=O)=O.O=C(O)C(F)(F)F. The number of carboxylic acids is 1. The number of likely N-dealkylation sites (tertiary alicyclic amines) is 1. The topological polar surface area (TPSA) is 107 Å². The summed E-state index contributed by atoms with van der Waals surface area (Å²) in [6.45, 7) is 2.33. The first-order chi connectivity index (χ1) is 13.8. The number of benzene rings is 1. The van der Waals surface area contributed by atoms with Gasteiger partial charge >= 0.3 is 12.1 Å². The van der Waals surface area contributed by atoms with Gasteiger partial charge in [0.05, 0.1) is 6.26 Å². The lowest BCUT2D eigenvalue weighted by Gasteiger charge is -2.27. The van der Waals surface area contributed by atoms with E-state index in [1.807, 2.05) is 18.2 Å². The van der Waals surface area contributed by atoms with E-state index in [9.17, 15) is 26.4 Å². The zero-order valence-electron chi connectivity index (χ0n) is 16.5. The van der Waals surface area contributed by atoms with Crippen LogP contribution < -0.4 is 5.32 Å². The molecule has 12 heteroatoms. The summed E-state index contributed by atoms with van der Waals surface area (Å²) < 4.78 is 57.6. The third-order valence-electron chi connectivity index (χ3n) is 5.07. The molecule has 2 saturated heterocycles. The maximum atomic E-state index is 12.2. The van der Waals surface area contributed by atoms with Crippen molar-refractivity contribution in [3.63, 3.8) is 0 Å². The van der Waals surface area contributed by atoms with Crippen molar-refractivity contribution < 1.29 is 36.3 Å². The van der Waals surface area contributed by atoms with E-state index in [4.69, 9.17) is 9.90 Å². The molecule has 0 spiro atoms. The van der Waals surface area contributed by atoms with Crippen molar-refractivity contribution in [2.24, 2.45) is 5.92 Å². The summed E-state index contributed by atoms with van der Waals surface area (Å²) in [5.41, 5.74) is 1.22. The molecule has 168 valence electrons. The van der Waals surface area contributed by atoms with Gasteiger partial charge in [-0.15, -0.1) is 0 Å². The molecule has 0 saturated carbocycles. The average Bonchev–Trinajstić information content (AvgIpc) is 3.17. The van der Waals surface area contributed by atoms with Gasteiger partial charge in [0.15, 0.2) is 0 Å². The van der Waals surface area contributed by atoms with Crippen LogP contribution in [0.25, 0.3) is 0 Å². The Morgan fingerprint density at radius 1 is 1.20 bits per heavy atom. The number of likely N-dealkylation sites (N-methyl/N-ethyl adjacent to an activating group) is 1. The van der Waals surface area contributed by atoms with Crippen molar-refractivity contribution in [2.75, 3.05) is 26.4 Å². The van der Waals surface area contributed by atoms with Crippen molar-refractivity contribution in [2.45, 2.75) is 31.2 Å². The van der Waals surface area contributed by atoms with Crippen LogP contribution in [0, 0.1) is 5.92 Å². The maximum absolute atomic E-state index is 12.2. The van der Waals surface area contributed by atoms with Crippen LogP contribution >= 0.6 is 0 Å². The smallest absolute Gasteiger partial charge is 0.475 e. The van der Waals surface area contributed by atoms with E-state index in [2.05, 4.69) is 22.3 Å². The summed E-state index contributed by atoms with van der Waals surface area (Å²) in [4.78, 5) is 23.2. The Morgan fingerprint density at radius 2 is 1.77 bits per heavy atom. The Morgan fingerprint density at radius 3 is 2.23 bits per heavy atom. The predicted octanol–water partition coefficient (Wildman–Crippen LogP) is 0.900. The largest absolute Gasteiger partial charge is 0.490 e. The highest BCUT2D eigenvalue weighted by Crippen LogP contribution is 2.38. The van der Waals surface area contributed by atoms with Gasteiger partial charge in [0.2, 0.25) is 15.9 Å². The van der Waals surface area contributed by atoms with Crippen LogP contribution in [0.2, 0.25) is 0 Å². The molecule has 0 aliphatic carbocycles. The molecular weight excluding hydrogens is 427 g/mol. The number of hydrogen-bond acceptors (Lipinski definition) is 5. The van der Waals surface area contributed by atoms with Gasteiger partial charge in [0, 0.05) is 32.7 Å². The minimum atomic E-state index is -5.08. The molecule has 2 heterocycles. The Hall–Kier alpha value is -2.18.